The van der Waals surface area contributed by atoms with Crippen LogP contribution in [0.1, 0.15) is 17.0 Å². The summed E-state index contributed by atoms with van der Waals surface area (Å²) in [5.74, 6) is 0.360. The van der Waals surface area contributed by atoms with E-state index in [9.17, 15) is 17.2 Å². The monoisotopic (exact) mass is 458 g/mol. The molecule has 0 atom stereocenters. The minimum absolute atomic E-state index is 0.131. The summed E-state index contributed by atoms with van der Waals surface area (Å²) >= 11 is 0. The van der Waals surface area contributed by atoms with Gasteiger partial charge >= 0.3 is 6.61 Å². The fraction of sp³-hybridized carbons (Fsp3) is 0.182. The molecule has 0 saturated carbocycles. The average Bonchev–Trinajstić information content (AvgIpc) is 3.03. The quantitative estimate of drug-likeness (QED) is 0.447. The number of imidazole rings is 1. The van der Waals surface area contributed by atoms with E-state index >= 15 is 0 Å². The number of benzene rings is 1. The summed E-state index contributed by atoms with van der Waals surface area (Å²) in [7, 11) is -3.41. The van der Waals surface area contributed by atoms with Crippen LogP contribution in [-0.4, -0.2) is 35.7 Å². The van der Waals surface area contributed by atoms with Gasteiger partial charge in [-0.2, -0.15) is 8.78 Å². The summed E-state index contributed by atoms with van der Waals surface area (Å²) in [4.78, 5) is 8.72. The number of fused-ring (bicyclic) bond motifs is 1. The Balaban J connectivity index is 1.69. The van der Waals surface area contributed by atoms with Crippen molar-refractivity contribution in [1.82, 2.24) is 14.4 Å². The summed E-state index contributed by atoms with van der Waals surface area (Å²) in [6, 6.07) is 13.8. The number of sulfonamides is 1. The molecule has 3 heterocycles. The van der Waals surface area contributed by atoms with Crippen molar-refractivity contribution in [3.05, 3.63) is 77.9 Å². The lowest BCUT2D eigenvalue weighted by atomic mass is 10.1. The van der Waals surface area contributed by atoms with Crippen molar-refractivity contribution in [2.75, 3.05) is 11.0 Å². The van der Waals surface area contributed by atoms with Gasteiger partial charge in [0.25, 0.3) is 0 Å². The largest absolute Gasteiger partial charge is 0.435 e. The number of pyridine rings is 2. The first kappa shape index (κ1) is 21.7. The third-order valence-corrected chi connectivity index (χ3v) is 5.43. The van der Waals surface area contributed by atoms with Crippen molar-refractivity contribution >= 4 is 21.5 Å². The van der Waals surface area contributed by atoms with Gasteiger partial charge in [-0.1, -0.05) is 18.2 Å². The third-order valence-electron chi connectivity index (χ3n) is 4.85. The van der Waals surface area contributed by atoms with Crippen LogP contribution in [0.15, 0.2) is 60.9 Å². The number of nitrogens with zero attached hydrogens (tertiary/aromatic N) is 3. The molecule has 0 aliphatic carbocycles. The van der Waals surface area contributed by atoms with E-state index in [1.165, 1.54) is 6.07 Å². The zero-order chi connectivity index (χ0) is 22.9. The predicted octanol–water partition coefficient (Wildman–Crippen LogP) is 4.27. The number of para-hydroxylation sites is 1. The van der Waals surface area contributed by atoms with Crippen LogP contribution >= 0.6 is 0 Å². The van der Waals surface area contributed by atoms with Crippen molar-refractivity contribution in [2.24, 2.45) is 0 Å². The maximum Gasteiger partial charge on any atom is 0.387 e. The maximum atomic E-state index is 12.8. The van der Waals surface area contributed by atoms with Gasteiger partial charge in [-0.25, -0.2) is 18.4 Å². The number of rotatable bonds is 7. The van der Waals surface area contributed by atoms with Gasteiger partial charge in [0.15, 0.2) is 0 Å². The number of aromatic nitrogens is 3. The number of hydrogen-bond acceptors (Lipinski definition) is 5. The van der Waals surface area contributed by atoms with Crippen LogP contribution in [0.2, 0.25) is 0 Å². The van der Waals surface area contributed by atoms with Gasteiger partial charge in [0.2, 0.25) is 10.0 Å². The lowest BCUT2D eigenvalue weighted by molar-refractivity contribution is -0.0503. The predicted molar refractivity (Wildman–Crippen MR) is 118 cm³/mol. The van der Waals surface area contributed by atoms with Crippen molar-refractivity contribution < 1.29 is 21.9 Å². The Labute approximate surface area is 183 Å². The fourth-order valence-corrected chi connectivity index (χ4v) is 3.95. The van der Waals surface area contributed by atoms with Crippen LogP contribution in [0, 0.1) is 6.92 Å². The molecule has 166 valence electrons. The molecular formula is C22H20F2N4O3S. The lowest BCUT2D eigenvalue weighted by Gasteiger charge is -2.11. The minimum atomic E-state index is -3.41. The summed E-state index contributed by atoms with van der Waals surface area (Å²) in [5, 5.41) is 0. The molecular weight excluding hydrogens is 438 g/mol. The second-order valence-electron chi connectivity index (χ2n) is 7.26. The Morgan fingerprint density at radius 2 is 1.84 bits per heavy atom. The van der Waals surface area contributed by atoms with Crippen molar-refractivity contribution in [3.63, 3.8) is 0 Å². The van der Waals surface area contributed by atoms with Crippen molar-refractivity contribution in [1.29, 1.82) is 0 Å². The van der Waals surface area contributed by atoms with Crippen LogP contribution in [0.5, 0.6) is 5.75 Å². The van der Waals surface area contributed by atoms with E-state index in [0.29, 0.717) is 12.0 Å². The number of ether oxygens (including phenoxy) is 1. The highest BCUT2D eigenvalue weighted by atomic mass is 32.2. The number of aryl methyl sites for hydroxylation is 1. The highest BCUT2D eigenvalue weighted by Crippen LogP contribution is 2.27. The van der Waals surface area contributed by atoms with Crippen LogP contribution < -0.4 is 9.46 Å². The molecule has 1 aromatic carbocycles. The first-order chi connectivity index (χ1) is 15.2. The molecule has 32 heavy (non-hydrogen) atoms. The average molecular weight is 458 g/mol. The summed E-state index contributed by atoms with van der Waals surface area (Å²) < 4.78 is 57.2. The molecule has 0 saturated heterocycles. The Kier molecular flexibility index (Phi) is 5.79. The van der Waals surface area contributed by atoms with E-state index in [1.807, 2.05) is 29.7 Å². The molecule has 0 fully saturated rings. The number of nitrogens with one attached hydrogen (secondary N) is 1. The Hall–Kier alpha value is -3.53. The van der Waals surface area contributed by atoms with E-state index in [1.54, 1.807) is 36.5 Å². The highest BCUT2D eigenvalue weighted by molar-refractivity contribution is 7.92. The number of hydrogen-bond donors (Lipinski definition) is 1. The molecule has 7 nitrogen and oxygen atoms in total. The first-order valence-electron chi connectivity index (χ1n) is 9.64. The molecule has 4 rings (SSSR count). The minimum Gasteiger partial charge on any atom is -0.435 e. The molecule has 0 unspecified atom stereocenters. The Bertz CT molecular complexity index is 1370. The fourth-order valence-electron chi connectivity index (χ4n) is 3.45. The van der Waals surface area contributed by atoms with Gasteiger partial charge in [0.05, 0.1) is 11.9 Å². The third kappa shape index (κ3) is 4.86. The van der Waals surface area contributed by atoms with Gasteiger partial charge in [-0.15, -0.1) is 0 Å². The zero-order valence-electron chi connectivity index (χ0n) is 17.3. The highest BCUT2D eigenvalue weighted by Gasteiger charge is 2.15. The van der Waals surface area contributed by atoms with Crippen LogP contribution in [0.3, 0.4) is 0 Å². The molecule has 0 spiro atoms. The summed E-state index contributed by atoms with van der Waals surface area (Å²) in [6.45, 7) is -1.04. The molecule has 0 radical (unpaired) electrons. The second kappa shape index (κ2) is 8.54. The van der Waals surface area contributed by atoms with Crippen LogP contribution in [-0.2, 0) is 16.4 Å². The Morgan fingerprint density at radius 3 is 2.53 bits per heavy atom. The Morgan fingerprint density at radius 1 is 1.09 bits per heavy atom. The van der Waals surface area contributed by atoms with E-state index in [-0.39, 0.29) is 11.6 Å². The standard InChI is InChI=1S/C22H20F2N4O3S/c1-14-18(11-15-5-3-4-6-19(15)31-22(23)24)28-13-17(8-10-21(28)26-14)16-7-9-20(25-12-16)27-32(2,29)30/h3-10,12-13,22H,11H2,1-2H3,(H,25,27). The summed E-state index contributed by atoms with van der Waals surface area (Å²) in [5.41, 5.74) is 4.59. The summed E-state index contributed by atoms with van der Waals surface area (Å²) in [6.07, 6.45) is 4.88. The molecule has 0 bridgehead atoms. The van der Waals surface area contributed by atoms with Gasteiger partial charge in [0.1, 0.15) is 17.2 Å². The first-order valence-corrected chi connectivity index (χ1v) is 11.5. The number of alkyl halides is 2. The molecule has 1 N–H and O–H groups in total. The second-order valence-corrected chi connectivity index (χ2v) is 9.01. The molecule has 0 aliphatic heterocycles. The van der Waals surface area contributed by atoms with E-state index in [2.05, 4.69) is 19.4 Å². The van der Waals surface area contributed by atoms with Crippen LogP contribution in [0.25, 0.3) is 16.8 Å². The number of halogens is 2. The normalized spacial score (nSPS) is 11.8. The lowest BCUT2D eigenvalue weighted by Crippen LogP contribution is -2.10. The van der Waals surface area contributed by atoms with E-state index < -0.39 is 16.6 Å². The molecule has 4 aromatic rings. The van der Waals surface area contributed by atoms with E-state index in [4.69, 9.17) is 0 Å². The zero-order valence-corrected chi connectivity index (χ0v) is 18.1. The van der Waals surface area contributed by atoms with Gasteiger partial charge in [-0.3, -0.25) is 4.72 Å². The topological polar surface area (TPSA) is 85.6 Å². The molecule has 0 amide bonds. The van der Waals surface area contributed by atoms with Gasteiger partial charge in [0, 0.05) is 41.2 Å². The van der Waals surface area contributed by atoms with Crippen LogP contribution in [0.4, 0.5) is 14.6 Å². The smallest absolute Gasteiger partial charge is 0.387 e. The van der Waals surface area contributed by atoms with Crippen molar-refractivity contribution in [2.45, 2.75) is 20.0 Å². The maximum absolute atomic E-state index is 12.8. The van der Waals surface area contributed by atoms with E-state index in [0.717, 1.165) is 34.4 Å². The molecule has 3 aromatic heterocycles. The molecule has 10 heteroatoms. The SMILES string of the molecule is Cc1nc2ccc(-c3ccc(NS(C)(=O)=O)nc3)cn2c1Cc1ccccc1OC(F)F. The molecule has 0 aliphatic rings. The van der Waals surface area contributed by atoms with Gasteiger partial charge < -0.3 is 9.14 Å². The number of anilines is 1. The van der Waals surface area contributed by atoms with Gasteiger partial charge in [-0.05, 0) is 37.3 Å². The van der Waals surface area contributed by atoms with Crippen molar-refractivity contribution in [3.8, 4) is 16.9 Å².